The van der Waals surface area contributed by atoms with Crippen molar-refractivity contribution in [3.8, 4) is 0 Å². The van der Waals surface area contributed by atoms with E-state index in [0.29, 0.717) is 30.1 Å². The SMILES string of the molecule is COC1CCN(C(=O)C(CC(C)C)NC(=O)c2ccc(Cl)cc2Cl)CC1. The Labute approximate surface area is 165 Å². The second-order valence-corrected chi connectivity index (χ2v) is 7.88. The van der Waals surface area contributed by atoms with Crippen molar-refractivity contribution < 1.29 is 14.3 Å². The lowest BCUT2D eigenvalue weighted by Crippen LogP contribution is -2.51. The van der Waals surface area contributed by atoms with E-state index >= 15 is 0 Å². The van der Waals surface area contributed by atoms with Gasteiger partial charge in [-0.2, -0.15) is 0 Å². The maximum absolute atomic E-state index is 13.0. The Morgan fingerprint density at radius 3 is 2.46 bits per heavy atom. The smallest absolute Gasteiger partial charge is 0.253 e. The number of benzene rings is 1. The lowest BCUT2D eigenvalue weighted by Gasteiger charge is -2.34. The van der Waals surface area contributed by atoms with Gasteiger partial charge in [-0.05, 0) is 43.4 Å². The minimum atomic E-state index is -0.576. The largest absolute Gasteiger partial charge is 0.381 e. The number of carbonyl (C=O) groups is 2. The van der Waals surface area contributed by atoms with Gasteiger partial charge in [-0.3, -0.25) is 9.59 Å². The van der Waals surface area contributed by atoms with Gasteiger partial charge in [0.15, 0.2) is 0 Å². The fourth-order valence-corrected chi connectivity index (χ4v) is 3.63. The van der Waals surface area contributed by atoms with Crippen LogP contribution in [0.3, 0.4) is 0 Å². The topological polar surface area (TPSA) is 58.6 Å². The molecule has 1 aromatic carbocycles. The standard InChI is InChI=1S/C19H26Cl2N2O3/c1-12(2)10-17(19(25)23-8-6-14(26-3)7-9-23)22-18(24)15-5-4-13(20)11-16(15)21/h4-5,11-12,14,17H,6-10H2,1-3H3,(H,22,24). The zero-order chi connectivity index (χ0) is 19.3. The van der Waals surface area contributed by atoms with Gasteiger partial charge in [0.25, 0.3) is 5.91 Å². The molecule has 1 fully saturated rings. The number of piperidine rings is 1. The molecule has 2 amide bonds. The van der Waals surface area contributed by atoms with E-state index in [9.17, 15) is 9.59 Å². The molecule has 144 valence electrons. The van der Waals surface area contributed by atoms with Crippen LogP contribution >= 0.6 is 23.2 Å². The number of methoxy groups -OCH3 is 1. The fraction of sp³-hybridized carbons (Fsp3) is 0.579. The van der Waals surface area contributed by atoms with E-state index in [2.05, 4.69) is 5.32 Å². The molecule has 0 aliphatic carbocycles. The molecule has 0 radical (unpaired) electrons. The number of hydrogen-bond acceptors (Lipinski definition) is 3. The van der Waals surface area contributed by atoms with Crippen LogP contribution < -0.4 is 5.32 Å². The molecule has 1 N–H and O–H groups in total. The van der Waals surface area contributed by atoms with E-state index in [4.69, 9.17) is 27.9 Å². The van der Waals surface area contributed by atoms with Crippen molar-refractivity contribution in [3.05, 3.63) is 33.8 Å². The molecule has 0 aromatic heterocycles. The van der Waals surface area contributed by atoms with Crippen molar-refractivity contribution in [1.29, 1.82) is 0 Å². The minimum absolute atomic E-state index is 0.0494. The average molecular weight is 401 g/mol. The first kappa shape index (κ1) is 21.0. The van der Waals surface area contributed by atoms with Crippen LogP contribution in [-0.4, -0.2) is 49.1 Å². The molecule has 7 heteroatoms. The molecule has 1 aliphatic rings. The Balaban J connectivity index is 2.09. The molecule has 0 saturated carbocycles. The molecule has 1 unspecified atom stereocenters. The number of nitrogens with zero attached hydrogens (tertiary/aromatic N) is 1. The molecule has 2 rings (SSSR count). The van der Waals surface area contributed by atoms with Crippen LogP contribution in [0.25, 0.3) is 0 Å². The number of nitrogens with one attached hydrogen (secondary N) is 1. The zero-order valence-corrected chi connectivity index (χ0v) is 16.9. The predicted octanol–water partition coefficient (Wildman–Crippen LogP) is 3.78. The van der Waals surface area contributed by atoms with Gasteiger partial charge in [-0.25, -0.2) is 0 Å². The number of rotatable bonds is 6. The summed E-state index contributed by atoms with van der Waals surface area (Å²) in [7, 11) is 1.69. The third-order valence-corrected chi connectivity index (χ3v) is 5.12. The molecule has 1 aliphatic heterocycles. The first-order valence-electron chi connectivity index (χ1n) is 8.89. The summed E-state index contributed by atoms with van der Waals surface area (Å²) in [6.07, 6.45) is 2.39. The highest BCUT2D eigenvalue weighted by molar-refractivity contribution is 6.36. The Kier molecular flexibility index (Phi) is 7.74. The van der Waals surface area contributed by atoms with E-state index in [1.54, 1.807) is 19.2 Å². The molecule has 0 spiro atoms. The zero-order valence-electron chi connectivity index (χ0n) is 15.4. The molecular weight excluding hydrogens is 375 g/mol. The maximum Gasteiger partial charge on any atom is 0.253 e. The number of amides is 2. The van der Waals surface area contributed by atoms with E-state index in [1.807, 2.05) is 18.7 Å². The Morgan fingerprint density at radius 2 is 1.92 bits per heavy atom. The average Bonchev–Trinajstić information content (AvgIpc) is 2.60. The lowest BCUT2D eigenvalue weighted by atomic mass is 10.00. The molecule has 1 heterocycles. The quantitative estimate of drug-likeness (QED) is 0.790. The Morgan fingerprint density at radius 1 is 1.27 bits per heavy atom. The van der Waals surface area contributed by atoms with Gasteiger partial charge >= 0.3 is 0 Å². The van der Waals surface area contributed by atoms with Gasteiger partial charge in [0.2, 0.25) is 5.91 Å². The molecule has 1 atom stereocenters. The minimum Gasteiger partial charge on any atom is -0.381 e. The van der Waals surface area contributed by atoms with Crippen LogP contribution in [0.1, 0.15) is 43.5 Å². The second kappa shape index (κ2) is 9.58. The van der Waals surface area contributed by atoms with E-state index in [-0.39, 0.29) is 28.9 Å². The van der Waals surface area contributed by atoms with Gasteiger partial charge in [0.05, 0.1) is 16.7 Å². The number of hydrogen-bond donors (Lipinski definition) is 1. The van der Waals surface area contributed by atoms with Crippen molar-refractivity contribution >= 4 is 35.0 Å². The van der Waals surface area contributed by atoms with Gasteiger partial charge < -0.3 is 15.0 Å². The van der Waals surface area contributed by atoms with E-state index < -0.39 is 6.04 Å². The van der Waals surface area contributed by atoms with Crippen LogP contribution in [0.4, 0.5) is 0 Å². The Bertz CT molecular complexity index is 644. The number of likely N-dealkylation sites (tertiary alicyclic amines) is 1. The molecule has 1 aromatic rings. The summed E-state index contributed by atoms with van der Waals surface area (Å²) >= 11 is 12.0. The molecule has 0 bridgehead atoms. The van der Waals surface area contributed by atoms with Crippen molar-refractivity contribution in [1.82, 2.24) is 10.2 Å². The third kappa shape index (κ3) is 5.60. The second-order valence-electron chi connectivity index (χ2n) is 7.04. The first-order chi connectivity index (χ1) is 12.3. The summed E-state index contributed by atoms with van der Waals surface area (Å²) in [5.41, 5.74) is 0.315. The van der Waals surface area contributed by atoms with Gasteiger partial charge in [0, 0.05) is 25.2 Å². The number of ether oxygens (including phenoxy) is 1. The van der Waals surface area contributed by atoms with E-state index in [0.717, 1.165) is 12.8 Å². The van der Waals surface area contributed by atoms with Crippen molar-refractivity contribution in [2.75, 3.05) is 20.2 Å². The summed E-state index contributed by atoms with van der Waals surface area (Å²) in [4.78, 5) is 27.4. The maximum atomic E-state index is 13.0. The summed E-state index contributed by atoms with van der Waals surface area (Å²) in [5, 5.41) is 3.59. The monoisotopic (exact) mass is 400 g/mol. The first-order valence-corrected chi connectivity index (χ1v) is 9.65. The van der Waals surface area contributed by atoms with Gasteiger partial charge in [0.1, 0.15) is 6.04 Å². The highest BCUT2D eigenvalue weighted by Gasteiger charge is 2.30. The number of carbonyl (C=O) groups excluding carboxylic acids is 2. The fourth-order valence-electron chi connectivity index (χ4n) is 3.13. The summed E-state index contributed by atoms with van der Waals surface area (Å²) in [6.45, 7) is 5.34. The van der Waals surface area contributed by atoms with Crippen LogP contribution in [0, 0.1) is 5.92 Å². The van der Waals surface area contributed by atoms with Crippen LogP contribution in [0.2, 0.25) is 10.0 Å². The Hall–Kier alpha value is -1.30. The molecule has 26 heavy (non-hydrogen) atoms. The van der Waals surface area contributed by atoms with Crippen molar-refractivity contribution in [2.24, 2.45) is 5.92 Å². The third-order valence-electron chi connectivity index (χ3n) is 4.57. The molecule has 1 saturated heterocycles. The van der Waals surface area contributed by atoms with Crippen LogP contribution in [0.15, 0.2) is 18.2 Å². The number of halogens is 2. The van der Waals surface area contributed by atoms with Crippen LogP contribution in [-0.2, 0) is 9.53 Å². The highest BCUT2D eigenvalue weighted by Crippen LogP contribution is 2.22. The van der Waals surface area contributed by atoms with Gasteiger partial charge in [-0.1, -0.05) is 37.0 Å². The van der Waals surface area contributed by atoms with Crippen LogP contribution in [0.5, 0.6) is 0 Å². The normalized spacial score (nSPS) is 16.6. The van der Waals surface area contributed by atoms with Crippen molar-refractivity contribution in [3.63, 3.8) is 0 Å². The van der Waals surface area contributed by atoms with E-state index in [1.165, 1.54) is 6.07 Å². The summed E-state index contributed by atoms with van der Waals surface area (Å²) in [5.74, 6) is -0.148. The lowest BCUT2D eigenvalue weighted by molar-refractivity contribution is -0.136. The molecule has 5 nitrogen and oxygen atoms in total. The highest BCUT2D eigenvalue weighted by atomic mass is 35.5. The van der Waals surface area contributed by atoms with Crippen molar-refractivity contribution in [2.45, 2.75) is 45.3 Å². The molecular formula is C19H26Cl2N2O3. The summed E-state index contributed by atoms with van der Waals surface area (Å²) < 4.78 is 5.36. The predicted molar refractivity (Wildman–Crippen MR) is 104 cm³/mol. The van der Waals surface area contributed by atoms with Gasteiger partial charge in [-0.15, -0.1) is 0 Å². The summed E-state index contributed by atoms with van der Waals surface area (Å²) in [6, 6.07) is 4.12.